The first-order valence-corrected chi connectivity index (χ1v) is 9.57. The SMILES string of the molecule is O=C(Nc1cccn(CC(F)(F)F)c1=O)N1CCC[C@H](c2nc3ccccc3[nH]2)C1. The molecule has 1 aliphatic rings. The second-order valence-corrected chi connectivity index (χ2v) is 7.32. The molecule has 0 unspecified atom stereocenters. The van der Waals surface area contributed by atoms with Crippen molar-refractivity contribution in [2.75, 3.05) is 18.4 Å². The Balaban J connectivity index is 1.47. The van der Waals surface area contributed by atoms with Crippen LogP contribution in [-0.2, 0) is 6.54 Å². The van der Waals surface area contributed by atoms with Crippen molar-refractivity contribution in [3.63, 3.8) is 0 Å². The Morgan fingerprint density at radius 2 is 2.03 bits per heavy atom. The van der Waals surface area contributed by atoms with Crippen LogP contribution in [0.3, 0.4) is 0 Å². The quantitative estimate of drug-likeness (QED) is 0.679. The maximum absolute atomic E-state index is 12.7. The number of hydrogen-bond donors (Lipinski definition) is 2. The van der Waals surface area contributed by atoms with Crippen molar-refractivity contribution in [1.29, 1.82) is 0 Å². The van der Waals surface area contributed by atoms with Gasteiger partial charge >= 0.3 is 12.2 Å². The van der Waals surface area contributed by atoms with Gasteiger partial charge in [0, 0.05) is 25.2 Å². The minimum absolute atomic E-state index is 0.00885. The molecule has 2 N–H and O–H groups in total. The van der Waals surface area contributed by atoms with E-state index in [-0.39, 0.29) is 11.6 Å². The standard InChI is InChI=1S/C20H20F3N5O2/c21-20(22,23)12-28-10-4-8-16(18(28)29)26-19(30)27-9-3-5-13(11-27)17-24-14-6-1-2-7-15(14)25-17/h1-2,4,6-8,10,13H,3,5,9,11-12H2,(H,24,25)(H,26,30)/t13-/m0/s1. The number of aromatic amines is 1. The summed E-state index contributed by atoms with van der Waals surface area (Å²) in [4.78, 5) is 34.4. The van der Waals surface area contributed by atoms with Crippen molar-refractivity contribution >= 4 is 22.8 Å². The molecule has 1 aromatic carbocycles. The van der Waals surface area contributed by atoms with Gasteiger partial charge in [0.25, 0.3) is 5.56 Å². The zero-order chi connectivity index (χ0) is 21.3. The maximum atomic E-state index is 12.7. The molecule has 7 nitrogen and oxygen atoms in total. The molecule has 30 heavy (non-hydrogen) atoms. The lowest BCUT2D eigenvalue weighted by atomic mass is 9.97. The van der Waals surface area contributed by atoms with Gasteiger partial charge in [-0.3, -0.25) is 4.79 Å². The number of nitrogens with zero attached hydrogens (tertiary/aromatic N) is 3. The van der Waals surface area contributed by atoms with Gasteiger partial charge in [0.15, 0.2) is 0 Å². The van der Waals surface area contributed by atoms with Crippen molar-refractivity contribution in [1.82, 2.24) is 19.4 Å². The molecule has 1 atom stereocenters. The van der Waals surface area contributed by atoms with Crippen LogP contribution in [0.4, 0.5) is 23.7 Å². The van der Waals surface area contributed by atoms with Gasteiger partial charge in [-0.15, -0.1) is 0 Å². The molecule has 2 amide bonds. The van der Waals surface area contributed by atoms with Crippen molar-refractivity contribution in [3.8, 4) is 0 Å². The van der Waals surface area contributed by atoms with E-state index in [1.165, 1.54) is 12.1 Å². The molecule has 10 heteroatoms. The predicted molar refractivity (Wildman–Crippen MR) is 105 cm³/mol. The normalized spacial score (nSPS) is 17.3. The highest BCUT2D eigenvalue weighted by atomic mass is 19.4. The number of benzene rings is 1. The number of urea groups is 1. The van der Waals surface area contributed by atoms with Crippen LogP contribution in [0.25, 0.3) is 11.0 Å². The van der Waals surface area contributed by atoms with Crippen LogP contribution in [0.1, 0.15) is 24.6 Å². The van der Waals surface area contributed by atoms with Crippen molar-refractivity contribution in [2.24, 2.45) is 0 Å². The van der Waals surface area contributed by atoms with Gasteiger partial charge < -0.3 is 19.8 Å². The first kappa shape index (κ1) is 20.0. The lowest BCUT2D eigenvalue weighted by molar-refractivity contribution is -0.141. The fraction of sp³-hybridized carbons (Fsp3) is 0.350. The number of nitrogens with one attached hydrogen (secondary N) is 2. The van der Waals surface area contributed by atoms with E-state index in [1.54, 1.807) is 4.90 Å². The van der Waals surface area contributed by atoms with Crippen LogP contribution in [0.5, 0.6) is 0 Å². The highest BCUT2D eigenvalue weighted by Gasteiger charge is 2.30. The Kier molecular flexibility index (Phi) is 5.23. The average Bonchev–Trinajstić information content (AvgIpc) is 3.14. The third kappa shape index (κ3) is 4.32. The zero-order valence-electron chi connectivity index (χ0n) is 15.9. The lowest BCUT2D eigenvalue weighted by Gasteiger charge is -2.31. The van der Waals surface area contributed by atoms with Crippen LogP contribution in [-0.4, -0.2) is 44.7 Å². The van der Waals surface area contributed by atoms with E-state index in [9.17, 15) is 22.8 Å². The van der Waals surface area contributed by atoms with E-state index in [2.05, 4.69) is 15.3 Å². The number of H-pyrrole nitrogens is 1. The molecule has 4 rings (SSSR count). The summed E-state index contributed by atoms with van der Waals surface area (Å²) >= 11 is 0. The molecule has 3 aromatic rings. The monoisotopic (exact) mass is 419 g/mol. The van der Waals surface area contributed by atoms with E-state index < -0.39 is 24.3 Å². The molecule has 3 heterocycles. The smallest absolute Gasteiger partial charge is 0.342 e. The van der Waals surface area contributed by atoms with Crippen molar-refractivity contribution < 1.29 is 18.0 Å². The predicted octanol–water partition coefficient (Wildman–Crippen LogP) is 3.70. The number of pyridine rings is 1. The Labute approximate surface area is 169 Å². The van der Waals surface area contributed by atoms with E-state index in [1.807, 2.05) is 24.3 Å². The summed E-state index contributed by atoms with van der Waals surface area (Å²) in [7, 11) is 0. The van der Waals surface area contributed by atoms with Gasteiger partial charge in [-0.25, -0.2) is 9.78 Å². The summed E-state index contributed by atoms with van der Waals surface area (Å²) in [6.45, 7) is -0.519. The number of rotatable bonds is 3. The third-order valence-corrected chi connectivity index (χ3v) is 5.11. The highest BCUT2D eigenvalue weighted by molar-refractivity contribution is 5.89. The van der Waals surface area contributed by atoms with Crippen LogP contribution < -0.4 is 10.9 Å². The minimum atomic E-state index is -4.53. The molecular weight excluding hydrogens is 399 g/mol. The topological polar surface area (TPSA) is 83.0 Å². The van der Waals surface area contributed by atoms with E-state index in [0.717, 1.165) is 35.9 Å². The number of hydrogen-bond acceptors (Lipinski definition) is 3. The number of carbonyl (C=O) groups is 1. The zero-order valence-corrected chi connectivity index (χ0v) is 15.9. The van der Waals surface area contributed by atoms with Gasteiger partial charge in [-0.05, 0) is 37.1 Å². The summed E-state index contributed by atoms with van der Waals surface area (Å²) in [5, 5.41) is 2.46. The number of para-hydroxylation sites is 2. The maximum Gasteiger partial charge on any atom is 0.406 e. The molecule has 2 aromatic heterocycles. The summed E-state index contributed by atoms with van der Waals surface area (Å²) in [5.74, 6) is 0.801. The first-order valence-electron chi connectivity index (χ1n) is 9.57. The molecule has 0 radical (unpaired) electrons. The van der Waals surface area contributed by atoms with Gasteiger partial charge in [-0.1, -0.05) is 12.1 Å². The van der Waals surface area contributed by atoms with Gasteiger partial charge in [0.1, 0.15) is 18.1 Å². The molecule has 1 fully saturated rings. The molecule has 1 saturated heterocycles. The minimum Gasteiger partial charge on any atom is -0.342 e. The Morgan fingerprint density at radius 1 is 1.23 bits per heavy atom. The van der Waals surface area contributed by atoms with Crippen molar-refractivity contribution in [2.45, 2.75) is 31.5 Å². The molecule has 0 spiro atoms. The first-order chi connectivity index (χ1) is 14.3. The Morgan fingerprint density at radius 3 is 2.80 bits per heavy atom. The number of piperidine rings is 1. The molecular formula is C20H20F3N5O2. The number of amides is 2. The number of anilines is 1. The van der Waals surface area contributed by atoms with E-state index in [4.69, 9.17) is 0 Å². The molecule has 158 valence electrons. The number of aromatic nitrogens is 3. The summed E-state index contributed by atoms with van der Waals surface area (Å²) in [5.41, 5.74) is 0.693. The Bertz CT molecular complexity index is 1090. The molecule has 0 aliphatic carbocycles. The van der Waals surface area contributed by atoms with Gasteiger partial charge in [0.2, 0.25) is 0 Å². The Hall–Kier alpha value is -3.30. The third-order valence-electron chi connectivity index (χ3n) is 5.11. The van der Waals surface area contributed by atoms with E-state index >= 15 is 0 Å². The van der Waals surface area contributed by atoms with Gasteiger partial charge in [0.05, 0.1) is 11.0 Å². The van der Waals surface area contributed by atoms with Crippen LogP contribution in [0, 0.1) is 0 Å². The number of alkyl halides is 3. The summed E-state index contributed by atoms with van der Waals surface area (Å²) in [6.07, 6.45) is -1.88. The fourth-order valence-corrected chi connectivity index (χ4v) is 3.69. The van der Waals surface area contributed by atoms with Crippen LogP contribution in [0.15, 0.2) is 47.4 Å². The molecule has 0 bridgehead atoms. The molecule has 1 aliphatic heterocycles. The lowest BCUT2D eigenvalue weighted by Crippen LogP contribution is -2.43. The number of fused-ring (bicyclic) bond motifs is 1. The molecule has 0 saturated carbocycles. The van der Waals surface area contributed by atoms with Crippen LogP contribution in [0.2, 0.25) is 0 Å². The fourth-order valence-electron chi connectivity index (χ4n) is 3.69. The van der Waals surface area contributed by atoms with E-state index in [0.29, 0.717) is 17.7 Å². The second-order valence-electron chi connectivity index (χ2n) is 7.32. The number of halogens is 3. The average molecular weight is 419 g/mol. The summed E-state index contributed by atoms with van der Waals surface area (Å²) in [6, 6.07) is 9.74. The number of carbonyl (C=O) groups excluding carboxylic acids is 1. The van der Waals surface area contributed by atoms with Crippen LogP contribution >= 0.6 is 0 Å². The van der Waals surface area contributed by atoms with Crippen molar-refractivity contribution in [3.05, 3.63) is 58.8 Å². The number of imidazole rings is 1. The van der Waals surface area contributed by atoms with Gasteiger partial charge in [-0.2, -0.15) is 13.2 Å². The largest absolute Gasteiger partial charge is 0.406 e. The second kappa shape index (κ2) is 7.85. The number of likely N-dealkylation sites (tertiary alicyclic amines) is 1. The summed E-state index contributed by atoms with van der Waals surface area (Å²) < 4.78 is 38.4. The highest BCUT2D eigenvalue weighted by Crippen LogP contribution is 2.27.